The molecule has 1 unspecified atom stereocenters. The predicted molar refractivity (Wildman–Crippen MR) is 72.8 cm³/mol. The van der Waals surface area contributed by atoms with Crippen LogP contribution in [0.3, 0.4) is 0 Å². The van der Waals surface area contributed by atoms with Gasteiger partial charge in [-0.2, -0.15) is 0 Å². The lowest BCUT2D eigenvalue weighted by molar-refractivity contribution is 0.104. The molecule has 1 aromatic carbocycles. The molecule has 0 radical (unpaired) electrons. The lowest BCUT2D eigenvalue weighted by Gasteiger charge is -2.34. The molecule has 17 heavy (non-hydrogen) atoms. The summed E-state index contributed by atoms with van der Waals surface area (Å²) in [5.74, 6) is 0.827. The summed E-state index contributed by atoms with van der Waals surface area (Å²) in [6.07, 6.45) is 0. The highest BCUT2D eigenvalue weighted by atomic mass is 35.5. The van der Waals surface area contributed by atoms with Gasteiger partial charge in [-0.1, -0.05) is 11.6 Å². The minimum Gasteiger partial charge on any atom is -0.492 e. The van der Waals surface area contributed by atoms with Crippen LogP contribution in [-0.4, -0.2) is 37.7 Å². The molecule has 1 aromatic rings. The van der Waals surface area contributed by atoms with E-state index >= 15 is 0 Å². The van der Waals surface area contributed by atoms with E-state index in [0.29, 0.717) is 13.2 Å². The van der Waals surface area contributed by atoms with Gasteiger partial charge >= 0.3 is 0 Å². The van der Waals surface area contributed by atoms with E-state index in [1.54, 1.807) is 0 Å². The standard InChI is InChI=1S/C13H21ClN2O/c1-10-7-11(5-6-12(10)14)17-9-13(2,8-15)16(3)4/h5-7H,8-9,15H2,1-4H3. The van der Waals surface area contributed by atoms with Gasteiger partial charge in [0.15, 0.2) is 0 Å². The predicted octanol–water partition coefficient (Wildman–Crippen LogP) is 2.31. The van der Waals surface area contributed by atoms with Gasteiger partial charge in [0.25, 0.3) is 0 Å². The summed E-state index contributed by atoms with van der Waals surface area (Å²) in [6, 6.07) is 5.67. The fourth-order valence-corrected chi connectivity index (χ4v) is 1.43. The Hall–Kier alpha value is -0.770. The van der Waals surface area contributed by atoms with Crippen molar-refractivity contribution in [3.63, 3.8) is 0 Å². The first-order chi connectivity index (χ1) is 7.89. The SMILES string of the molecule is Cc1cc(OCC(C)(CN)N(C)C)ccc1Cl. The normalized spacial score (nSPS) is 14.8. The van der Waals surface area contributed by atoms with Crippen LogP contribution in [0.1, 0.15) is 12.5 Å². The number of nitrogens with two attached hydrogens (primary N) is 1. The van der Waals surface area contributed by atoms with Gasteiger partial charge in [0, 0.05) is 11.6 Å². The number of aryl methyl sites for hydroxylation is 1. The molecular weight excluding hydrogens is 236 g/mol. The molecule has 0 aromatic heterocycles. The maximum Gasteiger partial charge on any atom is 0.119 e. The van der Waals surface area contributed by atoms with E-state index in [1.165, 1.54) is 0 Å². The fraction of sp³-hybridized carbons (Fsp3) is 0.538. The average molecular weight is 257 g/mol. The molecule has 0 saturated carbocycles. The molecule has 2 N–H and O–H groups in total. The highest BCUT2D eigenvalue weighted by Gasteiger charge is 2.26. The summed E-state index contributed by atoms with van der Waals surface area (Å²) in [6.45, 7) is 5.14. The minimum absolute atomic E-state index is 0.159. The zero-order chi connectivity index (χ0) is 13.1. The summed E-state index contributed by atoms with van der Waals surface area (Å²) in [5.41, 5.74) is 6.64. The third kappa shape index (κ3) is 3.60. The van der Waals surface area contributed by atoms with Gasteiger partial charge in [0.05, 0.1) is 5.54 Å². The highest BCUT2D eigenvalue weighted by Crippen LogP contribution is 2.22. The maximum atomic E-state index is 5.96. The summed E-state index contributed by atoms with van der Waals surface area (Å²) in [5, 5.41) is 0.756. The third-order valence-corrected chi connectivity index (χ3v) is 3.62. The van der Waals surface area contributed by atoms with Gasteiger partial charge in [-0.3, -0.25) is 4.90 Å². The Balaban J connectivity index is 2.69. The van der Waals surface area contributed by atoms with Crippen molar-refractivity contribution in [3.05, 3.63) is 28.8 Å². The first kappa shape index (κ1) is 14.3. The van der Waals surface area contributed by atoms with Crippen LogP contribution in [0, 0.1) is 6.92 Å². The Morgan fingerprint density at radius 3 is 2.53 bits per heavy atom. The second-order valence-electron chi connectivity index (χ2n) is 4.80. The molecule has 1 rings (SSSR count). The summed E-state index contributed by atoms with van der Waals surface area (Å²) in [7, 11) is 4.01. The van der Waals surface area contributed by atoms with Crippen LogP contribution < -0.4 is 10.5 Å². The van der Waals surface area contributed by atoms with Crippen LogP contribution in [0.4, 0.5) is 0 Å². The number of hydrogen-bond acceptors (Lipinski definition) is 3. The Labute approximate surface area is 109 Å². The van der Waals surface area contributed by atoms with Gasteiger partial charge in [-0.05, 0) is 51.7 Å². The van der Waals surface area contributed by atoms with E-state index in [0.717, 1.165) is 16.3 Å². The Morgan fingerprint density at radius 2 is 2.06 bits per heavy atom. The van der Waals surface area contributed by atoms with Gasteiger partial charge in [0.2, 0.25) is 0 Å². The van der Waals surface area contributed by atoms with Crippen LogP contribution in [0.5, 0.6) is 5.75 Å². The Kier molecular flexibility index (Phi) is 4.80. The van der Waals surface area contributed by atoms with Crippen LogP contribution in [0.2, 0.25) is 5.02 Å². The van der Waals surface area contributed by atoms with Gasteiger partial charge < -0.3 is 10.5 Å². The molecule has 0 aliphatic carbocycles. The lowest BCUT2D eigenvalue weighted by Crippen LogP contribution is -2.52. The molecular formula is C13H21ClN2O. The van der Waals surface area contributed by atoms with Crippen molar-refractivity contribution in [1.29, 1.82) is 0 Å². The van der Waals surface area contributed by atoms with Crippen molar-refractivity contribution in [2.75, 3.05) is 27.2 Å². The molecule has 0 heterocycles. The van der Waals surface area contributed by atoms with Crippen molar-refractivity contribution < 1.29 is 4.74 Å². The van der Waals surface area contributed by atoms with E-state index in [4.69, 9.17) is 22.1 Å². The number of likely N-dealkylation sites (N-methyl/N-ethyl adjacent to an activating group) is 1. The second kappa shape index (κ2) is 5.71. The van der Waals surface area contributed by atoms with E-state index in [1.807, 2.05) is 39.2 Å². The van der Waals surface area contributed by atoms with Crippen LogP contribution in [0.25, 0.3) is 0 Å². The Bertz CT molecular complexity index is 382. The molecule has 0 spiro atoms. The molecule has 0 bridgehead atoms. The number of ether oxygens (including phenoxy) is 1. The topological polar surface area (TPSA) is 38.5 Å². The second-order valence-corrected chi connectivity index (χ2v) is 5.20. The van der Waals surface area contributed by atoms with Gasteiger partial charge in [0.1, 0.15) is 12.4 Å². The number of rotatable bonds is 5. The largest absolute Gasteiger partial charge is 0.492 e. The Morgan fingerprint density at radius 1 is 1.41 bits per heavy atom. The summed E-state index contributed by atoms with van der Waals surface area (Å²) < 4.78 is 5.78. The van der Waals surface area contributed by atoms with E-state index < -0.39 is 0 Å². The number of halogens is 1. The number of hydrogen-bond donors (Lipinski definition) is 1. The molecule has 0 aliphatic rings. The van der Waals surface area contributed by atoms with Crippen molar-refractivity contribution in [2.24, 2.45) is 5.73 Å². The lowest BCUT2D eigenvalue weighted by atomic mass is 10.0. The quantitative estimate of drug-likeness (QED) is 0.879. The first-order valence-corrected chi connectivity index (χ1v) is 6.03. The van der Waals surface area contributed by atoms with Crippen LogP contribution >= 0.6 is 11.6 Å². The zero-order valence-electron chi connectivity index (χ0n) is 11.0. The van der Waals surface area contributed by atoms with E-state index in [-0.39, 0.29) is 5.54 Å². The number of nitrogens with zero attached hydrogens (tertiary/aromatic N) is 1. The van der Waals surface area contributed by atoms with E-state index in [9.17, 15) is 0 Å². The molecule has 0 saturated heterocycles. The maximum absolute atomic E-state index is 5.96. The molecule has 96 valence electrons. The molecule has 0 fully saturated rings. The highest BCUT2D eigenvalue weighted by molar-refractivity contribution is 6.31. The van der Waals surface area contributed by atoms with Crippen LogP contribution in [-0.2, 0) is 0 Å². The van der Waals surface area contributed by atoms with Crippen LogP contribution in [0.15, 0.2) is 18.2 Å². The number of benzene rings is 1. The van der Waals surface area contributed by atoms with Crippen molar-refractivity contribution in [2.45, 2.75) is 19.4 Å². The fourth-order valence-electron chi connectivity index (χ4n) is 1.32. The molecule has 1 atom stereocenters. The van der Waals surface area contributed by atoms with Crippen molar-refractivity contribution >= 4 is 11.6 Å². The minimum atomic E-state index is -0.159. The molecule has 0 aliphatic heterocycles. The van der Waals surface area contributed by atoms with Gasteiger partial charge in [-0.15, -0.1) is 0 Å². The van der Waals surface area contributed by atoms with Gasteiger partial charge in [-0.25, -0.2) is 0 Å². The zero-order valence-corrected chi connectivity index (χ0v) is 11.7. The summed E-state index contributed by atoms with van der Waals surface area (Å²) >= 11 is 5.96. The smallest absolute Gasteiger partial charge is 0.119 e. The van der Waals surface area contributed by atoms with Crippen molar-refractivity contribution in [3.8, 4) is 5.75 Å². The molecule has 0 amide bonds. The summed E-state index contributed by atoms with van der Waals surface area (Å²) in [4.78, 5) is 2.08. The van der Waals surface area contributed by atoms with E-state index in [2.05, 4.69) is 11.8 Å². The average Bonchev–Trinajstić information content (AvgIpc) is 2.30. The molecule has 3 nitrogen and oxygen atoms in total. The molecule has 4 heteroatoms. The monoisotopic (exact) mass is 256 g/mol. The first-order valence-electron chi connectivity index (χ1n) is 5.65. The third-order valence-electron chi connectivity index (χ3n) is 3.20. The van der Waals surface area contributed by atoms with Crippen molar-refractivity contribution in [1.82, 2.24) is 4.90 Å².